The van der Waals surface area contributed by atoms with Crippen LogP contribution in [0.15, 0.2) is 0 Å². The van der Waals surface area contributed by atoms with E-state index in [1.165, 1.54) is 19.3 Å². The molecule has 0 saturated heterocycles. The van der Waals surface area contributed by atoms with Gasteiger partial charge in [-0.1, -0.05) is 27.7 Å². The predicted molar refractivity (Wildman–Crippen MR) is 62.3 cm³/mol. The molecular weight excluding hydrogens is 162 g/mol. The first-order valence-corrected chi connectivity index (χ1v) is 5.55. The molecule has 0 unspecified atom stereocenters. The molecule has 0 aromatic carbocycles. The first kappa shape index (κ1) is 18.7. The minimum Gasteiger partial charge on any atom is -0.385 e. The highest BCUT2D eigenvalue weighted by molar-refractivity contribution is 4.42. The number of ether oxygens (including phenoxy) is 1. The predicted octanol–water partition coefficient (Wildman–Crippen LogP) is 3.07. The average Bonchev–Trinajstić information content (AvgIpc) is 2.24. The summed E-state index contributed by atoms with van der Waals surface area (Å²) in [6, 6.07) is 0. The summed E-state index contributed by atoms with van der Waals surface area (Å²) in [5.74, 6) is 0. The van der Waals surface area contributed by atoms with Crippen molar-refractivity contribution in [3.05, 3.63) is 0 Å². The van der Waals surface area contributed by atoms with Crippen LogP contribution in [0, 0.1) is 0 Å². The summed E-state index contributed by atoms with van der Waals surface area (Å²) in [7, 11) is 3.73. The fourth-order valence-corrected chi connectivity index (χ4v) is 0.725. The lowest BCUT2D eigenvalue weighted by atomic mass is 10.2. The van der Waals surface area contributed by atoms with Gasteiger partial charge in [-0.2, -0.15) is 0 Å². The Hall–Kier alpha value is -0.0800. The maximum Gasteiger partial charge on any atom is 0.0462 e. The fraction of sp³-hybridized carbons (Fsp3) is 1.00. The number of methoxy groups -OCH3 is 1. The first-order valence-electron chi connectivity index (χ1n) is 5.55. The van der Waals surface area contributed by atoms with Crippen LogP contribution in [0.1, 0.15) is 47.0 Å². The van der Waals surface area contributed by atoms with Gasteiger partial charge in [0.05, 0.1) is 0 Å². The molecule has 0 radical (unpaired) electrons. The molecule has 0 aromatic heterocycles. The van der Waals surface area contributed by atoms with Gasteiger partial charge in [0.15, 0.2) is 0 Å². The zero-order valence-electron chi connectivity index (χ0n) is 10.4. The summed E-state index contributed by atoms with van der Waals surface area (Å²) in [5.41, 5.74) is 0. The maximum atomic E-state index is 4.90. The summed E-state index contributed by atoms with van der Waals surface area (Å²) in [4.78, 5) is 0. The van der Waals surface area contributed by atoms with Crippen LogP contribution in [0.25, 0.3) is 0 Å². The monoisotopic (exact) mass is 191 g/mol. The van der Waals surface area contributed by atoms with Crippen LogP contribution in [-0.2, 0) is 4.74 Å². The molecule has 0 aliphatic carbocycles. The SMILES string of the molecule is CC.CC.CNCCCCCOC. The molecule has 0 saturated carbocycles. The second kappa shape index (κ2) is 29.7. The normalized spacial score (nSPS) is 7.85. The Bertz CT molecular complexity index is 43.4. The van der Waals surface area contributed by atoms with Gasteiger partial charge in [-0.05, 0) is 32.9 Å². The van der Waals surface area contributed by atoms with Gasteiger partial charge in [0.1, 0.15) is 0 Å². The quantitative estimate of drug-likeness (QED) is 0.651. The van der Waals surface area contributed by atoms with Crippen molar-refractivity contribution in [2.24, 2.45) is 0 Å². The molecule has 0 atom stereocenters. The van der Waals surface area contributed by atoms with Crippen LogP contribution in [0.3, 0.4) is 0 Å². The van der Waals surface area contributed by atoms with E-state index in [0.717, 1.165) is 13.2 Å². The molecule has 0 heterocycles. The van der Waals surface area contributed by atoms with Crippen LogP contribution in [0.4, 0.5) is 0 Å². The molecule has 0 aliphatic rings. The van der Waals surface area contributed by atoms with Crippen molar-refractivity contribution in [2.45, 2.75) is 47.0 Å². The topological polar surface area (TPSA) is 21.3 Å². The Morgan fingerprint density at radius 1 is 0.923 bits per heavy atom. The minimum atomic E-state index is 0.906. The van der Waals surface area contributed by atoms with Gasteiger partial charge in [-0.3, -0.25) is 0 Å². The molecule has 0 aliphatic heterocycles. The van der Waals surface area contributed by atoms with E-state index in [0.29, 0.717) is 0 Å². The molecule has 0 fully saturated rings. The van der Waals surface area contributed by atoms with E-state index in [4.69, 9.17) is 4.74 Å². The Labute approximate surface area is 85.1 Å². The highest BCUT2D eigenvalue weighted by Gasteiger charge is 1.85. The van der Waals surface area contributed by atoms with Gasteiger partial charge < -0.3 is 10.1 Å². The van der Waals surface area contributed by atoms with Crippen LogP contribution in [-0.4, -0.2) is 27.3 Å². The maximum absolute atomic E-state index is 4.90. The van der Waals surface area contributed by atoms with Crippen LogP contribution in [0.5, 0.6) is 0 Å². The lowest BCUT2D eigenvalue weighted by Gasteiger charge is -1.98. The molecule has 84 valence electrons. The number of rotatable bonds is 6. The van der Waals surface area contributed by atoms with E-state index in [-0.39, 0.29) is 0 Å². The number of unbranched alkanes of at least 4 members (excludes halogenated alkanes) is 2. The van der Waals surface area contributed by atoms with Crippen LogP contribution < -0.4 is 5.32 Å². The molecule has 1 N–H and O–H groups in total. The minimum absolute atomic E-state index is 0.906. The molecule has 0 amide bonds. The Balaban J connectivity index is -0.000000218. The third-order valence-electron chi connectivity index (χ3n) is 1.28. The van der Waals surface area contributed by atoms with Crippen molar-refractivity contribution in [3.8, 4) is 0 Å². The van der Waals surface area contributed by atoms with Gasteiger partial charge in [-0.25, -0.2) is 0 Å². The van der Waals surface area contributed by atoms with Crippen molar-refractivity contribution in [3.63, 3.8) is 0 Å². The van der Waals surface area contributed by atoms with E-state index < -0.39 is 0 Å². The van der Waals surface area contributed by atoms with Crippen molar-refractivity contribution in [1.29, 1.82) is 0 Å². The average molecular weight is 191 g/mol. The van der Waals surface area contributed by atoms with Gasteiger partial charge in [0.25, 0.3) is 0 Å². The summed E-state index contributed by atoms with van der Waals surface area (Å²) < 4.78 is 4.90. The van der Waals surface area contributed by atoms with E-state index in [1.54, 1.807) is 7.11 Å². The zero-order chi connectivity index (χ0) is 10.9. The summed E-state index contributed by atoms with van der Waals surface area (Å²) in [5, 5.41) is 3.10. The van der Waals surface area contributed by atoms with Gasteiger partial charge in [0, 0.05) is 13.7 Å². The molecule has 0 bridgehead atoms. The second-order valence-electron chi connectivity index (χ2n) is 2.16. The molecule has 0 spiro atoms. The van der Waals surface area contributed by atoms with Crippen molar-refractivity contribution >= 4 is 0 Å². The third-order valence-corrected chi connectivity index (χ3v) is 1.28. The highest BCUT2D eigenvalue weighted by atomic mass is 16.5. The number of hydrogen-bond donors (Lipinski definition) is 1. The van der Waals surface area contributed by atoms with E-state index in [1.807, 2.05) is 34.7 Å². The lowest BCUT2D eigenvalue weighted by molar-refractivity contribution is 0.192. The molecule has 2 heteroatoms. The van der Waals surface area contributed by atoms with E-state index >= 15 is 0 Å². The molecule has 2 nitrogen and oxygen atoms in total. The number of nitrogens with one attached hydrogen (secondary N) is 1. The third kappa shape index (κ3) is 33.5. The molecule has 0 rings (SSSR count). The second-order valence-corrected chi connectivity index (χ2v) is 2.16. The molecule has 13 heavy (non-hydrogen) atoms. The van der Waals surface area contributed by atoms with Gasteiger partial charge in [-0.15, -0.1) is 0 Å². The Morgan fingerprint density at radius 2 is 1.46 bits per heavy atom. The fourth-order valence-electron chi connectivity index (χ4n) is 0.725. The van der Waals surface area contributed by atoms with Crippen LogP contribution in [0.2, 0.25) is 0 Å². The van der Waals surface area contributed by atoms with E-state index in [9.17, 15) is 0 Å². The Morgan fingerprint density at radius 3 is 1.85 bits per heavy atom. The first-order chi connectivity index (χ1) is 6.41. The summed E-state index contributed by atoms with van der Waals surface area (Å²) >= 11 is 0. The Kier molecular flexibility index (Phi) is 42.6. The van der Waals surface area contributed by atoms with Crippen LogP contribution >= 0.6 is 0 Å². The van der Waals surface area contributed by atoms with Gasteiger partial charge in [0.2, 0.25) is 0 Å². The highest BCUT2D eigenvalue weighted by Crippen LogP contribution is 1.92. The summed E-state index contributed by atoms with van der Waals surface area (Å²) in [6.45, 7) is 10.0. The molecule has 0 aromatic rings. The summed E-state index contributed by atoms with van der Waals surface area (Å²) in [6.07, 6.45) is 3.73. The molecular formula is C11H29NO. The largest absolute Gasteiger partial charge is 0.385 e. The standard InChI is InChI=1S/C7H17NO.2C2H6/c1-8-6-4-3-5-7-9-2;2*1-2/h8H,3-7H2,1-2H3;2*1-2H3. The van der Waals surface area contributed by atoms with E-state index in [2.05, 4.69) is 5.32 Å². The van der Waals surface area contributed by atoms with Crippen molar-refractivity contribution < 1.29 is 4.74 Å². The van der Waals surface area contributed by atoms with Crippen molar-refractivity contribution in [2.75, 3.05) is 27.3 Å². The van der Waals surface area contributed by atoms with Gasteiger partial charge >= 0.3 is 0 Å². The number of hydrogen-bond acceptors (Lipinski definition) is 2. The van der Waals surface area contributed by atoms with Crippen molar-refractivity contribution in [1.82, 2.24) is 5.32 Å². The lowest BCUT2D eigenvalue weighted by Crippen LogP contribution is -2.07. The smallest absolute Gasteiger partial charge is 0.0462 e. The zero-order valence-corrected chi connectivity index (χ0v) is 10.4.